The summed E-state index contributed by atoms with van der Waals surface area (Å²) >= 11 is 0. The van der Waals surface area contributed by atoms with Gasteiger partial charge in [-0.05, 0) is 56.9 Å². The van der Waals surface area contributed by atoms with E-state index in [1.54, 1.807) is 18.7 Å². The minimum Gasteiger partial charge on any atom is -0.465 e. The van der Waals surface area contributed by atoms with Gasteiger partial charge in [0.05, 0.1) is 17.3 Å². The lowest BCUT2D eigenvalue weighted by molar-refractivity contribution is -0.101. The van der Waals surface area contributed by atoms with Crippen molar-refractivity contribution in [2.24, 2.45) is 5.73 Å². The summed E-state index contributed by atoms with van der Waals surface area (Å²) in [5.74, 6) is 0.624. The van der Waals surface area contributed by atoms with Crippen molar-refractivity contribution in [1.82, 2.24) is 9.88 Å². The third-order valence-electron chi connectivity index (χ3n) is 7.21. The number of pyridine rings is 1. The Morgan fingerprint density at radius 2 is 1.74 bits per heavy atom. The third-order valence-corrected chi connectivity index (χ3v) is 7.21. The zero-order valence-electron chi connectivity index (χ0n) is 22.7. The molecule has 39 heavy (non-hydrogen) atoms. The first-order valence-electron chi connectivity index (χ1n) is 13.3. The molecule has 0 spiro atoms. The number of primary amides is 1. The third kappa shape index (κ3) is 7.15. The summed E-state index contributed by atoms with van der Waals surface area (Å²) in [4.78, 5) is 28.7. The molecule has 2 amide bonds. The lowest BCUT2D eigenvalue weighted by Crippen LogP contribution is -2.51. The van der Waals surface area contributed by atoms with Crippen LogP contribution < -0.4 is 5.73 Å². The van der Waals surface area contributed by atoms with Crippen LogP contribution in [0.4, 0.5) is 9.59 Å². The average molecular weight is 532 g/mol. The van der Waals surface area contributed by atoms with Gasteiger partial charge in [0, 0.05) is 36.6 Å². The number of hydrogen-bond acceptors (Lipinski definition) is 5. The molecule has 8 nitrogen and oxygen atoms in total. The van der Waals surface area contributed by atoms with Gasteiger partial charge in [-0.15, -0.1) is 0 Å². The molecule has 2 heterocycles. The number of carbonyl (C=O) groups excluding carboxylic acids is 1. The number of amides is 2. The molecule has 2 atom stereocenters. The largest absolute Gasteiger partial charge is 0.465 e. The van der Waals surface area contributed by atoms with E-state index >= 15 is 0 Å². The number of aliphatic hydroxyl groups is 1. The Morgan fingerprint density at radius 1 is 1.10 bits per heavy atom. The molecule has 8 heteroatoms. The maximum atomic E-state index is 13.3. The first-order chi connectivity index (χ1) is 18.5. The van der Waals surface area contributed by atoms with Crippen molar-refractivity contribution in [2.45, 2.75) is 69.6 Å². The number of carboxylic acid groups (broad SMARTS) is 1. The summed E-state index contributed by atoms with van der Waals surface area (Å²) in [6.07, 6.45) is 1.76. The predicted molar refractivity (Wildman–Crippen MR) is 149 cm³/mol. The van der Waals surface area contributed by atoms with E-state index in [9.17, 15) is 9.90 Å². The number of rotatable bonds is 7. The topological polar surface area (TPSA) is 126 Å². The second-order valence-corrected chi connectivity index (χ2v) is 11.0. The lowest BCUT2D eigenvalue weighted by Gasteiger charge is -2.45. The average Bonchev–Trinajstić information content (AvgIpc) is 3.74. The summed E-state index contributed by atoms with van der Waals surface area (Å²) in [5.41, 5.74) is 7.46. The van der Waals surface area contributed by atoms with E-state index in [2.05, 4.69) is 48.2 Å². The molecular formula is C31H37N3O5. The highest BCUT2D eigenvalue weighted by atomic mass is 16.6. The van der Waals surface area contributed by atoms with Gasteiger partial charge in [0.15, 0.2) is 0 Å². The Kier molecular flexibility index (Phi) is 8.25. The van der Waals surface area contributed by atoms with E-state index in [0.717, 1.165) is 22.4 Å². The van der Waals surface area contributed by atoms with E-state index in [0.29, 0.717) is 25.3 Å². The maximum Gasteiger partial charge on any atom is 0.411 e. The Labute approximate surface area is 229 Å². The minimum absolute atomic E-state index is 0.127. The Balaban J connectivity index is 0.000000826. The van der Waals surface area contributed by atoms with Gasteiger partial charge in [0.25, 0.3) is 0 Å². The van der Waals surface area contributed by atoms with Crippen molar-refractivity contribution in [1.29, 1.82) is 0 Å². The molecule has 2 aliphatic rings. The Hall–Kier alpha value is -3.91. The van der Waals surface area contributed by atoms with E-state index in [1.165, 1.54) is 18.5 Å². The number of cyclic esters (lactones) is 1. The normalized spacial score (nSPS) is 19.9. The van der Waals surface area contributed by atoms with Crippen LogP contribution in [0.5, 0.6) is 0 Å². The van der Waals surface area contributed by atoms with Crippen LogP contribution in [-0.4, -0.2) is 44.4 Å². The van der Waals surface area contributed by atoms with Gasteiger partial charge in [-0.1, -0.05) is 60.7 Å². The molecule has 1 aliphatic carbocycles. The Bertz CT molecular complexity index is 1280. The van der Waals surface area contributed by atoms with Crippen LogP contribution in [0.1, 0.15) is 75.2 Å². The molecule has 1 saturated carbocycles. The summed E-state index contributed by atoms with van der Waals surface area (Å²) in [6, 6.07) is 24.2. The smallest absolute Gasteiger partial charge is 0.411 e. The summed E-state index contributed by atoms with van der Waals surface area (Å²) in [5, 5.41) is 17.8. The molecule has 0 bridgehead atoms. The second-order valence-electron chi connectivity index (χ2n) is 11.0. The lowest BCUT2D eigenvalue weighted by atomic mass is 9.80. The fraction of sp³-hybridized carbons (Fsp3) is 0.387. The van der Waals surface area contributed by atoms with Crippen LogP contribution in [0.25, 0.3) is 11.3 Å². The molecule has 4 N–H and O–H groups in total. The van der Waals surface area contributed by atoms with Gasteiger partial charge in [-0.25, -0.2) is 9.59 Å². The molecule has 0 unspecified atom stereocenters. The van der Waals surface area contributed by atoms with Gasteiger partial charge in [0.1, 0.15) is 5.60 Å². The first-order valence-corrected chi connectivity index (χ1v) is 13.3. The van der Waals surface area contributed by atoms with Crippen LogP contribution in [0.3, 0.4) is 0 Å². The number of nitrogens with two attached hydrogens (primary N) is 1. The number of nitrogens with zero attached hydrogens (tertiary/aromatic N) is 2. The number of benzene rings is 2. The molecule has 206 valence electrons. The van der Waals surface area contributed by atoms with Crippen molar-refractivity contribution in [3.8, 4) is 11.3 Å². The monoisotopic (exact) mass is 531 g/mol. The zero-order valence-corrected chi connectivity index (χ0v) is 22.7. The number of carbonyl (C=O) groups is 2. The molecule has 3 aromatic rings. The minimum atomic E-state index is -1.33. The molecule has 2 fully saturated rings. The molecule has 1 saturated heterocycles. The van der Waals surface area contributed by atoms with Crippen LogP contribution in [0, 0.1) is 0 Å². The predicted octanol–water partition coefficient (Wildman–Crippen LogP) is 6.21. The summed E-state index contributed by atoms with van der Waals surface area (Å²) < 4.78 is 6.14. The SMILES string of the molecule is C[C@@H](c1ccc(-c2cccc(C3CC3)n2)cc1)N1CC[C@](CC(C)(C)O)(c2ccccc2)OC1=O.NC(=O)O. The van der Waals surface area contributed by atoms with E-state index in [-0.39, 0.29) is 12.1 Å². The highest BCUT2D eigenvalue weighted by Crippen LogP contribution is 2.42. The second kappa shape index (κ2) is 11.5. The fourth-order valence-corrected chi connectivity index (χ4v) is 5.22. The van der Waals surface area contributed by atoms with Gasteiger partial charge in [0.2, 0.25) is 0 Å². The Morgan fingerprint density at radius 3 is 2.31 bits per heavy atom. The van der Waals surface area contributed by atoms with E-state index in [1.807, 2.05) is 37.3 Å². The highest BCUT2D eigenvalue weighted by molar-refractivity contribution is 5.70. The quantitative estimate of drug-likeness (QED) is 0.333. The highest BCUT2D eigenvalue weighted by Gasteiger charge is 2.46. The van der Waals surface area contributed by atoms with Gasteiger partial charge in [-0.3, -0.25) is 4.98 Å². The molecule has 2 aromatic carbocycles. The number of ether oxygens (including phenoxy) is 1. The van der Waals surface area contributed by atoms with Gasteiger partial charge in [-0.2, -0.15) is 0 Å². The standard InChI is InChI=1S/C30H34N2O3.CH3NO2/c1-21(22-12-14-23(15-13-22)26-10-7-11-27(31-26)24-16-17-24)32-19-18-30(35-28(32)33,20-29(2,3)34)25-8-5-4-6-9-25;2-1(3)4/h4-15,21,24,34H,16-20H2,1-3H3;2H2,(H,3,4)/t21-,30-;/m0./s1. The molecule has 5 rings (SSSR count). The van der Waals surface area contributed by atoms with Gasteiger partial charge < -0.3 is 25.6 Å². The van der Waals surface area contributed by atoms with E-state index < -0.39 is 17.3 Å². The first kappa shape index (κ1) is 28.1. The molecule has 1 aliphatic heterocycles. The van der Waals surface area contributed by atoms with Crippen LogP contribution in [0.2, 0.25) is 0 Å². The number of hydrogen-bond donors (Lipinski definition) is 3. The van der Waals surface area contributed by atoms with Crippen LogP contribution >= 0.6 is 0 Å². The summed E-state index contributed by atoms with van der Waals surface area (Å²) in [7, 11) is 0. The van der Waals surface area contributed by atoms with Crippen molar-refractivity contribution in [3.63, 3.8) is 0 Å². The fourth-order valence-electron chi connectivity index (χ4n) is 5.22. The van der Waals surface area contributed by atoms with Gasteiger partial charge >= 0.3 is 12.2 Å². The molecule has 0 radical (unpaired) electrons. The molecular weight excluding hydrogens is 494 g/mol. The van der Waals surface area contributed by atoms with Crippen molar-refractivity contribution >= 4 is 12.2 Å². The van der Waals surface area contributed by atoms with Crippen LogP contribution in [-0.2, 0) is 10.3 Å². The van der Waals surface area contributed by atoms with E-state index in [4.69, 9.17) is 19.6 Å². The maximum absolute atomic E-state index is 13.3. The summed E-state index contributed by atoms with van der Waals surface area (Å²) in [6.45, 7) is 6.11. The van der Waals surface area contributed by atoms with Crippen molar-refractivity contribution in [3.05, 3.63) is 89.6 Å². The number of aromatic nitrogens is 1. The van der Waals surface area contributed by atoms with Crippen LogP contribution in [0.15, 0.2) is 72.8 Å². The molecule has 1 aromatic heterocycles. The zero-order chi connectivity index (χ0) is 28.2. The van der Waals surface area contributed by atoms with Crippen molar-refractivity contribution < 1.29 is 24.5 Å². The van der Waals surface area contributed by atoms with Crippen molar-refractivity contribution in [2.75, 3.05) is 6.54 Å².